The van der Waals surface area contributed by atoms with Gasteiger partial charge in [-0.3, -0.25) is 36.6 Å². The highest BCUT2D eigenvalue weighted by atomic mass is 32.2. The molecule has 1 saturated carbocycles. The summed E-state index contributed by atoms with van der Waals surface area (Å²) < 4.78 is 8.97. The van der Waals surface area contributed by atoms with Crippen molar-refractivity contribution in [2.24, 2.45) is 40.7 Å². The predicted octanol–water partition coefficient (Wildman–Crippen LogP) is 28.0. The van der Waals surface area contributed by atoms with E-state index in [0.717, 1.165) is 58.2 Å². The Bertz CT molecular complexity index is 846. The number of thioether (sulfide) groups is 1. The van der Waals surface area contributed by atoms with Crippen LogP contribution in [0.2, 0.25) is 0 Å². The molecule has 3 fully saturated rings. The van der Waals surface area contributed by atoms with Gasteiger partial charge >= 0.3 is 0 Å². The van der Waals surface area contributed by atoms with Crippen molar-refractivity contribution in [3.8, 4) is 0 Å². The molecule has 2 saturated heterocycles. The third-order valence-corrected chi connectivity index (χ3v) is 8.22. The van der Waals surface area contributed by atoms with Crippen LogP contribution in [0.1, 0.15) is 425 Å². The Morgan fingerprint density at radius 2 is 0.750 bits per heavy atom. The van der Waals surface area contributed by atoms with E-state index in [0.29, 0.717) is 20.1 Å². The molecule has 0 spiro atoms. The molecule has 686 valence electrons. The van der Waals surface area contributed by atoms with Gasteiger partial charge in [0.15, 0.2) is 19.9 Å². The van der Waals surface area contributed by atoms with Crippen molar-refractivity contribution in [1.82, 2.24) is 53.9 Å². The molecule has 0 bridgehead atoms. The second-order valence-electron chi connectivity index (χ2n) is 12.6. The maximum absolute atomic E-state index is 4.54. The van der Waals surface area contributed by atoms with Crippen molar-refractivity contribution in [1.29, 1.82) is 0 Å². The normalized spacial score (nSPS) is 12.5. The molecule has 0 atom stereocenters. The third kappa shape index (κ3) is 345. The fourth-order valence-corrected chi connectivity index (χ4v) is 5.08. The van der Waals surface area contributed by atoms with Crippen molar-refractivity contribution in [2.75, 3.05) is 98.2 Å². The molecule has 10 N–H and O–H groups in total. The fourth-order valence-electron chi connectivity index (χ4n) is 4.71. The van der Waals surface area contributed by atoms with Gasteiger partial charge in [0.05, 0.1) is 37.2 Å². The van der Waals surface area contributed by atoms with Crippen LogP contribution in [-0.4, -0.2) is 136 Å². The van der Waals surface area contributed by atoms with Gasteiger partial charge in [-0.2, -0.15) is 10.2 Å². The number of nitrogens with one attached hydrogen (secondary N) is 10. The average molecular weight is 1600 g/mol. The minimum absolute atomic E-state index is 0. The van der Waals surface area contributed by atoms with Crippen molar-refractivity contribution >= 4 is 49.1 Å². The number of hydrazine groups is 1. The van der Waals surface area contributed by atoms with Crippen LogP contribution in [0, 0.1) is 0 Å². The summed E-state index contributed by atoms with van der Waals surface area (Å²) in [5, 5.41) is 30.2. The SMILES string of the molecule is C.C.C.C.C.C1=CCCC1.C1=NCCCN1.C1=NCNN1.C1=NCON1.C1=NNCO1.C1=NNCS1.C1=NOCO1.C1CCCCC1.C1CCNCC1.C1CNCCN1.C1CNN=N1.CC.CC.CC.CC.CC.CC.CC.CC.CC.CC.CC.CC.CC.CC.CC.CC.CC.CC.CC.CC.CC.CC. The van der Waals surface area contributed by atoms with Crippen LogP contribution < -0.4 is 53.9 Å². The number of piperidine rings is 1. The van der Waals surface area contributed by atoms with Gasteiger partial charge in [0.1, 0.15) is 13.0 Å². The average Bonchev–Trinajstić information content (AvgIpc) is 3.05. The van der Waals surface area contributed by atoms with Crippen LogP contribution >= 0.6 is 11.8 Å². The lowest BCUT2D eigenvalue weighted by atomic mass is 10.0. The topological polar surface area (TPSA) is 256 Å². The van der Waals surface area contributed by atoms with Crippen LogP contribution in [0.25, 0.3) is 0 Å². The first-order chi connectivity index (χ1) is 51.5. The summed E-state index contributed by atoms with van der Waals surface area (Å²) in [6.45, 7) is 101. The number of allylic oxidation sites excluding steroid dienone is 2. The van der Waals surface area contributed by atoms with E-state index in [1.807, 2.05) is 305 Å². The standard InChI is InChI=1S/C6H12.C5H11N.C5H8.C4H10N2.C4H8N2.2C2H5N3.2C2H4N2O.C2H4N2S.C2H3NO2.22C2H6.5CH4/c2*1-2-4-6-5-3-1;1-2-4-5-3-1;1-2-6-4-3-5-1;1-2-5-4-6-3-1;1-3-2-5-4-1;1-2-4-5-3-1;1-3-4-2-5-1;1-3-2-5-4-1;1-3-4-2-5-1;1-3-5-2-4-1;22*1-2;;;;;/h1-6H2;6H,1-5H2;1-2H,3-5H2;5-6H,1-4H2;4H,1-3H2,(H,5,6);1,5H,2H2,(H,3,4);1-2H2,(H,3,4);1,4H,2H2;1H,2H2,(H,3,4);1,4H,2H2;1H,2H2;22*1-2H3;5*1H4. The zero-order valence-electron chi connectivity index (χ0n) is 79.0. The van der Waals surface area contributed by atoms with Gasteiger partial charge in [-0.25, -0.2) is 10.4 Å². The van der Waals surface area contributed by atoms with E-state index in [1.165, 1.54) is 116 Å². The van der Waals surface area contributed by atoms with E-state index in [4.69, 9.17) is 0 Å². The van der Waals surface area contributed by atoms with Crippen molar-refractivity contribution in [3.05, 3.63) is 12.2 Å². The van der Waals surface area contributed by atoms with Crippen molar-refractivity contribution in [3.63, 3.8) is 0 Å². The number of nitrogens with zero attached hydrogens (tertiary/aromatic N) is 8. The van der Waals surface area contributed by atoms with Gasteiger partial charge in [-0.15, -0.1) is 5.10 Å². The lowest BCUT2D eigenvalue weighted by Crippen LogP contribution is -2.39. The molecule has 11 rings (SSSR count). The molecule has 2 aliphatic carbocycles. The molecule has 0 amide bonds. The molecule has 9 aliphatic heterocycles. The number of hydrogen-bond donors (Lipinski definition) is 10. The minimum atomic E-state index is 0. The number of hydrazone groups is 2. The Labute approximate surface area is 695 Å². The van der Waals surface area contributed by atoms with Gasteiger partial charge < -0.3 is 41.0 Å². The summed E-state index contributed by atoms with van der Waals surface area (Å²) in [5.41, 5.74) is 17.7. The molecule has 0 aromatic heterocycles. The molecule has 11 aliphatic rings. The van der Waals surface area contributed by atoms with E-state index in [9.17, 15) is 0 Å². The smallest absolute Gasteiger partial charge is 0.257 e. The largest absolute Gasteiger partial charge is 0.460 e. The lowest BCUT2D eigenvalue weighted by Gasteiger charge is -2.11. The van der Waals surface area contributed by atoms with Gasteiger partial charge in [0.2, 0.25) is 6.40 Å². The van der Waals surface area contributed by atoms with Crippen molar-refractivity contribution in [2.45, 2.75) is 425 Å². The molecule has 0 aromatic rings. The maximum atomic E-state index is 4.54. The second kappa shape index (κ2) is 355. The number of aliphatic imine (C=N–C) groups is 3. The molecular weight excluding hydrogens is 1370 g/mol. The maximum Gasteiger partial charge on any atom is 0.257 e. The van der Waals surface area contributed by atoms with Gasteiger partial charge in [0.25, 0.3) is 6.79 Å². The highest BCUT2D eigenvalue weighted by Crippen LogP contribution is 2.15. The first-order valence-corrected chi connectivity index (χ1v) is 43.9. The predicted molar refractivity (Wildman–Crippen MR) is 525 cm³/mol. The molecule has 23 heteroatoms. The highest BCUT2D eigenvalue weighted by molar-refractivity contribution is 8.12. The summed E-state index contributed by atoms with van der Waals surface area (Å²) in [6, 6.07) is 0. The third-order valence-electron chi connectivity index (χ3n) is 7.67. The van der Waals surface area contributed by atoms with E-state index >= 15 is 0 Å². The van der Waals surface area contributed by atoms with E-state index in [-0.39, 0.29) is 43.9 Å². The zero-order chi connectivity index (χ0) is 85.7. The zero-order valence-corrected chi connectivity index (χ0v) is 79.9. The van der Waals surface area contributed by atoms with Gasteiger partial charge in [0, 0.05) is 39.3 Å². The first kappa shape index (κ1) is 186. The molecule has 0 radical (unpaired) electrons. The Balaban J connectivity index is -0.0000000254. The molecular formula is C85H226N18O4S. The quantitative estimate of drug-likeness (QED) is 0.101. The lowest BCUT2D eigenvalue weighted by molar-refractivity contribution is 0.0595. The minimum Gasteiger partial charge on any atom is -0.460 e. The number of hydrogen-bond acceptors (Lipinski definition) is 23. The number of hydroxylamine groups is 1. The Kier molecular flexibility index (Phi) is 611. The van der Waals surface area contributed by atoms with E-state index in [1.54, 1.807) is 30.0 Å². The number of piperazine rings is 1. The van der Waals surface area contributed by atoms with Crippen LogP contribution in [0.4, 0.5) is 0 Å². The molecule has 0 unspecified atom stereocenters. The molecule has 0 aromatic carbocycles. The highest BCUT2D eigenvalue weighted by Gasteiger charge is 1.96. The summed E-state index contributed by atoms with van der Waals surface area (Å²) in [6.07, 6.45) is 30.5. The Morgan fingerprint density at radius 3 is 0.852 bits per heavy atom. The Hall–Kier alpha value is -4.29. The monoisotopic (exact) mass is 1600 g/mol. The first-order valence-electron chi connectivity index (χ1n) is 42.9. The number of oxime groups is 1. The van der Waals surface area contributed by atoms with E-state index in [2.05, 4.69) is 126 Å². The fraction of sp³-hybridized carbons (Fsp3) is 0.906. The van der Waals surface area contributed by atoms with Crippen LogP contribution in [0.15, 0.2) is 52.8 Å². The molecule has 9 heterocycles. The van der Waals surface area contributed by atoms with Crippen LogP contribution in [0.5, 0.6) is 0 Å². The molecule has 22 nitrogen and oxygen atoms in total. The summed E-state index contributed by atoms with van der Waals surface area (Å²) in [4.78, 5) is 20.1. The Morgan fingerprint density at radius 1 is 0.343 bits per heavy atom. The second-order valence-corrected chi connectivity index (χ2v) is 13.4. The molecule has 108 heavy (non-hydrogen) atoms. The summed E-state index contributed by atoms with van der Waals surface area (Å²) in [5.74, 6) is 0.944. The number of ether oxygens (including phenoxy) is 2. The van der Waals surface area contributed by atoms with E-state index < -0.39 is 0 Å². The van der Waals surface area contributed by atoms with Crippen LogP contribution in [-0.2, 0) is 19.1 Å². The summed E-state index contributed by atoms with van der Waals surface area (Å²) >= 11 is 1.67. The van der Waals surface area contributed by atoms with Gasteiger partial charge in [-0.05, 0) is 51.6 Å². The summed E-state index contributed by atoms with van der Waals surface area (Å²) in [7, 11) is 0. The van der Waals surface area contributed by atoms with Crippen LogP contribution in [0.3, 0.4) is 0 Å². The van der Waals surface area contributed by atoms with Crippen molar-refractivity contribution < 1.29 is 19.1 Å². The number of rotatable bonds is 0. The van der Waals surface area contributed by atoms with Gasteiger partial charge in [-0.1, -0.05) is 421 Å².